The van der Waals surface area contributed by atoms with Crippen LogP contribution in [0.4, 0.5) is 0 Å². The number of aromatic hydroxyl groups is 2. The van der Waals surface area contributed by atoms with Gasteiger partial charge in [-0.15, -0.1) is 0 Å². The quantitative estimate of drug-likeness (QED) is 0.690. The molecule has 1 aromatic rings. The molecule has 0 radical (unpaired) electrons. The topological polar surface area (TPSA) is 101 Å². The van der Waals surface area contributed by atoms with Gasteiger partial charge in [-0.05, 0) is 30.4 Å². The van der Waals surface area contributed by atoms with Crippen LogP contribution in [0.3, 0.4) is 0 Å². The Morgan fingerprint density at radius 2 is 2.00 bits per heavy atom. The van der Waals surface area contributed by atoms with E-state index in [0.717, 1.165) is 6.07 Å². The highest BCUT2D eigenvalue weighted by Gasteiger charge is 2.16. The maximum Gasteiger partial charge on any atom is 0.336 e. The Hall–Kier alpha value is -1.91. The molecule has 5 heteroatoms. The number of carbonyl (C=O) groups is 1. The van der Waals surface area contributed by atoms with Gasteiger partial charge in [-0.2, -0.15) is 0 Å². The Bertz CT molecular complexity index is 437. The molecule has 0 aliphatic carbocycles. The van der Waals surface area contributed by atoms with E-state index in [1.54, 1.807) is 0 Å². The lowest BCUT2D eigenvalue weighted by atomic mass is 9.96. The van der Waals surface area contributed by atoms with Crippen molar-refractivity contribution in [3.63, 3.8) is 0 Å². The molecule has 0 aliphatic rings. The summed E-state index contributed by atoms with van der Waals surface area (Å²) in [6.07, 6.45) is 0.908. The standard InChI is InChI=1S/C12H16O5/c1-6(2)3-4-7-8(12(16)17)5-9(13)11(15)10(7)14/h5-6,13-15H,3-4H2,1-2H3,(H,16,17)/p-1. The van der Waals surface area contributed by atoms with Crippen LogP contribution in [-0.2, 0) is 6.42 Å². The number of benzene rings is 1. The summed E-state index contributed by atoms with van der Waals surface area (Å²) in [7, 11) is 0. The van der Waals surface area contributed by atoms with Crippen LogP contribution in [-0.4, -0.2) is 21.3 Å². The van der Waals surface area contributed by atoms with Crippen LogP contribution in [0, 0.1) is 5.92 Å². The zero-order valence-electron chi connectivity index (χ0n) is 9.73. The average Bonchev–Trinajstić information content (AvgIpc) is 2.23. The lowest BCUT2D eigenvalue weighted by molar-refractivity contribution is -0.271. The van der Waals surface area contributed by atoms with Crippen LogP contribution in [0.25, 0.3) is 0 Å². The van der Waals surface area contributed by atoms with Crippen LogP contribution in [0.15, 0.2) is 6.07 Å². The Balaban J connectivity index is 3.24. The van der Waals surface area contributed by atoms with Crippen molar-refractivity contribution in [2.75, 3.05) is 0 Å². The van der Waals surface area contributed by atoms with Gasteiger partial charge in [0.05, 0.1) is 5.56 Å². The molecule has 0 saturated carbocycles. The second-order valence-electron chi connectivity index (χ2n) is 4.34. The van der Waals surface area contributed by atoms with Crippen molar-refractivity contribution in [1.29, 1.82) is 0 Å². The van der Waals surface area contributed by atoms with Gasteiger partial charge in [0.2, 0.25) is 0 Å². The van der Waals surface area contributed by atoms with Crippen LogP contribution < -0.4 is 5.11 Å². The van der Waals surface area contributed by atoms with Gasteiger partial charge in [0.15, 0.2) is 5.75 Å². The molecular formula is C12H15O5-. The first kappa shape index (κ1) is 13.2. The molecular weight excluding hydrogens is 224 g/mol. The predicted molar refractivity (Wildman–Crippen MR) is 59.3 cm³/mol. The van der Waals surface area contributed by atoms with Gasteiger partial charge in [0, 0.05) is 0 Å². The number of carboxylic acids is 1. The maximum absolute atomic E-state index is 11.7. The minimum absolute atomic E-state index is 0.0431. The van der Waals surface area contributed by atoms with Gasteiger partial charge in [0.1, 0.15) is 5.75 Å². The summed E-state index contributed by atoms with van der Waals surface area (Å²) >= 11 is 0. The van der Waals surface area contributed by atoms with Crippen molar-refractivity contribution < 1.29 is 25.2 Å². The largest absolute Gasteiger partial charge is 0.870 e. The second kappa shape index (κ2) is 4.95. The smallest absolute Gasteiger partial charge is 0.336 e. The van der Waals surface area contributed by atoms with Crippen LogP contribution in [0.5, 0.6) is 17.2 Å². The van der Waals surface area contributed by atoms with Crippen molar-refractivity contribution >= 4 is 5.97 Å². The third kappa shape index (κ3) is 2.81. The number of rotatable bonds is 4. The molecule has 17 heavy (non-hydrogen) atoms. The molecule has 0 amide bonds. The number of hydrogen-bond acceptors (Lipinski definition) is 4. The molecule has 94 valence electrons. The summed E-state index contributed by atoms with van der Waals surface area (Å²) in [4.78, 5) is 11.0. The summed E-state index contributed by atoms with van der Waals surface area (Å²) in [6, 6.07) is 0.911. The molecule has 0 aromatic heterocycles. The lowest BCUT2D eigenvalue weighted by Gasteiger charge is -2.19. The highest BCUT2D eigenvalue weighted by Crippen LogP contribution is 2.38. The minimum atomic E-state index is -1.28. The fourth-order valence-corrected chi connectivity index (χ4v) is 1.55. The summed E-state index contributed by atoms with van der Waals surface area (Å²) in [5.74, 6) is -3.25. The predicted octanol–water partition coefficient (Wildman–Crippen LogP) is 1.46. The molecule has 3 N–H and O–H groups in total. The molecule has 0 unspecified atom stereocenters. The SMILES string of the molecule is CC(C)CCc1c(C(=O)O)cc(O)c(O)c1[O-]. The molecule has 0 fully saturated rings. The van der Waals surface area contributed by atoms with Crippen LogP contribution in [0.1, 0.15) is 36.2 Å². The van der Waals surface area contributed by atoms with Crippen molar-refractivity contribution in [2.45, 2.75) is 26.7 Å². The maximum atomic E-state index is 11.7. The fraction of sp³-hybridized carbons (Fsp3) is 0.417. The van der Waals surface area contributed by atoms with E-state index in [1.807, 2.05) is 13.8 Å². The van der Waals surface area contributed by atoms with Crippen molar-refractivity contribution in [3.8, 4) is 17.2 Å². The number of carboxylic acid groups (broad SMARTS) is 1. The van der Waals surface area contributed by atoms with Crippen LogP contribution >= 0.6 is 0 Å². The molecule has 0 aliphatic heterocycles. The molecule has 0 saturated heterocycles. The second-order valence-corrected chi connectivity index (χ2v) is 4.34. The van der Waals surface area contributed by atoms with Gasteiger partial charge < -0.3 is 20.4 Å². The van der Waals surface area contributed by atoms with Gasteiger partial charge >= 0.3 is 5.97 Å². The number of hydrogen-bond donors (Lipinski definition) is 3. The van der Waals surface area contributed by atoms with E-state index in [4.69, 9.17) is 5.11 Å². The summed E-state index contributed by atoms with van der Waals surface area (Å²) in [6.45, 7) is 3.90. The molecule has 0 atom stereocenters. The molecule has 1 rings (SSSR count). The number of phenols is 2. The van der Waals surface area contributed by atoms with Gasteiger partial charge in [-0.1, -0.05) is 19.6 Å². The first-order valence-electron chi connectivity index (χ1n) is 5.32. The van der Waals surface area contributed by atoms with E-state index in [1.165, 1.54) is 0 Å². The number of aromatic carboxylic acids is 1. The lowest BCUT2D eigenvalue weighted by Crippen LogP contribution is -2.08. The van der Waals surface area contributed by atoms with E-state index in [9.17, 15) is 20.1 Å². The van der Waals surface area contributed by atoms with Gasteiger partial charge in [-0.25, -0.2) is 4.79 Å². The van der Waals surface area contributed by atoms with E-state index < -0.39 is 23.2 Å². The first-order valence-corrected chi connectivity index (χ1v) is 5.32. The third-order valence-corrected chi connectivity index (χ3v) is 2.54. The van der Waals surface area contributed by atoms with E-state index in [0.29, 0.717) is 12.3 Å². The van der Waals surface area contributed by atoms with E-state index in [-0.39, 0.29) is 17.5 Å². The number of phenolic OH excluding ortho intramolecular Hbond substituents is 2. The Morgan fingerprint density at radius 1 is 1.41 bits per heavy atom. The molecule has 0 bridgehead atoms. The van der Waals surface area contributed by atoms with Crippen molar-refractivity contribution in [1.82, 2.24) is 0 Å². The van der Waals surface area contributed by atoms with E-state index in [2.05, 4.69) is 0 Å². The molecule has 0 heterocycles. The average molecular weight is 239 g/mol. The summed E-state index contributed by atoms with van der Waals surface area (Å²) in [5.41, 5.74) is -0.201. The molecule has 1 aromatic carbocycles. The first-order chi connectivity index (χ1) is 7.84. The highest BCUT2D eigenvalue weighted by atomic mass is 16.4. The Morgan fingerprint density at radius 3 is 2.47 bits per heavy atom. The van der Waals surface area contributed by atoms with Crippen molar-refractivity contribution in [2.24, 2.45) is 5.92 Å². The minimum Gasteiger partial charge on any atom is -0.870 e. The zero-order chi connectivity index (χ0) is 13.2. The highest BCUT2D eigenvalue weighted by molar-refractivity contribution is 5.91. The normalized spacial score (nSPS) is 10.8. The summed E-state index contributed by atoms with van der Waals surface area (Å²) in [5, 5.41) is 39.1. The van der Waals surface area contributed by atoms with E-state index >= 15 is 0 Å². The third-order valence-electron chi connectivity index (χ3n) is 2.54. The van der Waals surface area contributed by atoms with Gasteiger partial charge in [0.25, 0.3) is 0 Å². The summed E-state index contributed by atoms with van der Waals surface area (Å²) < 4.78 is 0. The Kier molecular flexibility index (Phi) is 3.83. The van der Waals surface area contributed by atoms with Gasteiger partial charge in [-0.3, -0.25) is 0 Å². The van der Waals surface area contributed by atoms with Crippen LogP contribution in [0.2, 0.25) is 0 Å². The zero-order valence-corrected chi connectivity index (χ0v) is 9.73. The fourth-order valence-electron chi connectivity index (χ4n) is 1.55. The Labute approximate surface area is 99.0 Å². The van der Waals surface area contributed by atoms with Crippen molar-refractivity contribution in [3.05, 3.63) is 17.2 Å². The monoisotopic (exact) mass is 239 g/mol. The molecule has 5 nitrogen and oxygen atoms in total. The molecule has 0 spiro atoms.